The summed E-state index contributed by atoms with van der Waals surface area (Å²) in [5, 5.41) is 2.86. The highest BCUT2D eigenvalue weighted by Gasteiger charge is 2.13. The van der Waals surface area contributed by atoms with Gasteiger partial charge in [0, 0.05) is 25.9 Å². The number of anilines is 1. The number of hydrogen-bond donors (Lipinski definition) is 2. The van der Waals surface area contributed by atoms with Crippen LogP contribution < -0.4 is 11.1 Å². The van der Waals surface area contributed by atoms with Gasteiger partial charge in [0.25, 0.3) is 5.91 Å². The molecular formula is C13H23N3O2. The summed E-state index contributed by atoms with van der Waals surface area (Å²) >= 11 is 0. The van der Waals surface area contributed by atoms with Crippen molar-refractivity contribution in [1.82, 2.24) is 9.88 Å². The highest BCUT2D eigenvalue weighted by molar-refractivity contribution is 5.93. The Morgan fingerprint density at radius 2 is 2.28 bits per heavy atom. The standard InChI is InChI=1S/C13H23N3O2/c1-4-6-16-9-11(14)7-12(16)13(17)15-8-10(3)18-5-2/h7,9-10H,4-6,8,14H2,1-3H3,(H,15,17). The Morgan fingerprint density at radius 1 is 1.56 bits per heavy atom. The minimum absolute atomic E-state index is 0.0193. The number of ether oxygens (including phenoxy) is 1. The van der Waals surface area contributed by atoms with Gasteiger partial charge in [0.1, 0.15) is 5.69 Å². The van der Waals surface area contributed by atoms with E-state index in [1.165, 1.54) is 0 Å². The maximum Gasteiger partial charge on any atom is 0.268 e. The van der Waals surface area contributed by atoms with Crippen LogP contribution in [0.2, 0.25) is 0 Å². The van der Waals surface area contributed by atoms with Gasteiger partial charge >= 0.3 is 0 Å². The molecule has 5 heteroatoms. The molecule has 5 nitrogen and oxygen atoms in total. The number of aromatic nitrogens is 1. The molecule has 0 aliphatic heterocycles. The number of hydrogen-bond acceptors (Lipinski definition) is 3. The van der Waals surface area contributed by atoms with Crippen LogP contribution in [0, 0.1) is 0 Å². The molecule has 1 amide bonds. The lowest BCUT2D eigenvalue weighted by atomic mass is 10.3. The summed E-state index contributed by atoms with van der Waals surface area (Å²) in [4.78, 5) is 12.0. The Balaban J connectivity index is 2.60. The molecule has 0 radical (unpaired) electrons. The van der Waals surface area contributed by atoms with Gasteiger partial charge < -0.3 is 20.4 Å². The third-order valence-electron chi connectivity index (χ3n) is 2.62. The highest BCUT2D eigenvalue weighted by Crippen LogP contribution is 2.11. The van der Waals surface area contributed by atoms with Crippen molar-refractivity contribution in [2.75, 3.05) is 18.9 Å². The Labute approximate surface area is 108 Å². The summed E-state index contributed by atoms with van der Waals surface area (Å²) in [7, 11) is 0. The summed E-state index contributed by atoms with van der Waals surface area (Å²) in [6.45, 7) is 7.88. The van der Waals surface area contributed by atoms with Crippen molar-refractivity contribution in [3.63, 3.8) is 0 Å². The zero-order chi connectivity index (χ0) is 13.5. The first-order chi connectivity index (χ1) is 8.58. The van der Waals surface area contributed by atoms with Gasteiger partial charge in [-0.3, -0.25) is 4.79 Å². The number of rotatable bonds is 7. The summed E-state index contributed by atoms with van der Waals surface area (Å²) in [6.07, 6.45) is 2.78. The lowest BCUT2D eigenvalue weighted by Gasteiger charge is -2.13. The fourth-order valence-corrected chi connectivity index (χ4v) is 1.82. The van der Waals surface area contributed by atoms with E-state index in [2.05, 4.69) is 12.2 Å². The van der Waals surface area contributed by atoms with Gasteiger partial charge in [-0.05, 0) is 26.3 Å². The average molecular weight is 253 g/mol. The van der Waals surface area contributed by atoms with Crippen molar-refractivity contribution < 1.29 is 9.53 Å². The van der Waals surface area contributed by atoms with Crippen LogP contribution >= 0.6 is 0 Å². The molecule has 1 unspecified atom stereocenters. The van der Waals surface area contributed by atoms with Crippen LogP contribution in [0.25, 0.3) is 0 Å². The van der Waals surface area contributed by atoms with Gasteiger partial charge in [0.2, 0.25) is 0 Å². The van der Waals surface area contributed by atoms with Crippen LogP contribution in [0.4, 0.5) is 5.69 Å². The number of carbonyl (C=O) groups is 1. The van der Waals surface area contributed by atoms with Gasteiger partial charge in [-0.15, -0.1) is 0 Å². The van der Waals surface area contributed by atoms with E-state index in [0.29, 0.717) is 24.5 Å². The van der Waals surface area contributed by atoms with E-state index in [-0.39, 0.29) is 12.0 Å². The lowest BCUT2D eigenvalue weighted by molar-refractivity contribution is 0.0691. The molecule has 0 saturated heterocycles. The summed E-state index contributed by atoms with van der Waals surface area (Å²) in [5.74, 6) is -0.105. The van der Waals surface area contributed by atoms with Crippen LogP contribution in [-0.2, 0) is 11.3 Å². The predicted octanol–water partition coefficient (Wildman–Crippen LogP) is 1.64. The molecule has 1 atom stereocenters. The summed E-state index contributed by atoms with van der Waals surface area (Å²) in [5.41, 5.74) is 6.95. The average Bonchev–Trinajstić information content (AvgIpc) is 2.68. The number of carbonyl (C=O) groups excluding carboxylic acids is 1. The molecule has 0 bridgehead atoms. The molecule has 0 saturated carbocycles. The van der Waals surface area contributed by atoms with Crippen molar-refractivity contribution in [2.45, 2.75) is 39.8 Å². The maximum atomic E-state index is 12.0. The van der Waals surface area contributed by atoms with E-state index in [4.69, 9.17) is 10.5 Å². The van der Waals surface area contributed by atoms with Crippen LogP contribution in [0.15, 0.2) is 12.3 Å². The quantitative estimate of drug-likeness (QED) is 0.776. The zero-order valence-electron chi connectivity index (χ0n) is 11.4. The maximum absolute atomic E-state index is 12.0. The molecule has 1 heterocycles. The van der Waals surface area contributed by atoms with Gasteiger partial charge in [-0.25, -0.2) is 0 Å². The van der Waals surface area contributed by atoms with Crippen LogP contribution in [0.3, 0.4) is 0 Å². The summed E-state index contributed by atoms with van der Waals surface area (Å²) in [6, 6.07) is 1.70. The molecular weight excluding hydrogens is 230 g/mol. The van der Waals surface area contributed by atoms with Crippen molar-refractivity contribution in [2.24, 2.45) is 0 Å². The van der Waals surface area contributed by atoms with Crippen molar-refractivity contribution in [1.29, 1.82) is 0 Å². The molecule has 0 fully saturated rings. The van der Waals surface area contributed by atoms with E-state index in [1.54, 1.807) is 12.3 Å². The summed E-state index contributed by atoms with van der Waals surface area (Å²) < 4.78 is 7.25. The van der Waals surface area contributed by atoms with Gasteiger partial charge in [-0.1, -0.05) is 6.92 Å². The predicted molar refractivity (Wildman–Crippen MR) is 72.6 cm³/mol. The van der Waals surface area contributed by atoms with E-state index in [9.17, 15) is 4.79 Å². The Morgan fingerprint density at radius 3 is 2.89 bits per heavy atom. The molecule has 0 spiro atoms. The SMILES string of the molecule is CCCn1cc(N)cc1C(=O)NCC(C)OCC. The number of nitrogens with one attached hydrogen (secondary N) is 1. The highest BCUT2D eigenvalue weighted by atomic mass is 16.5. The van der Waals surface area contributed by atoms with Crippen LogP contribution in [0.1, 0.15) is 37.7 Å². The first kappa shape index (κ1) is 14.6. The lowest BCUT2D eigenvalue weighted by Crippen LogP contribution is -2.33. The monoisotopic (exact) mass is 253 g/mol. The molecule has 1 aromatic heterocycles. The Hall–Kier alpha value is -1.49. The van der Waals surface area contributed by atoms with E-state index >= 15 is 0 Å². The number of nitrogens with zero attached hydrogens (tertiary/aromatic N) is 1. The van der Waals surface area contributed by atoms with Crippen molar-refractivity contribution in [3.8, 4) is 0 Å². The van der Waals surface area contributed by atoms with Gasteiger partial charge in [-0.2, -0.15) is 0 Å². The van der Waals surface area contributed by atoms with E-state index in [0.717, 1.165) is 13.0 Å². The molecule has 1 rings (SSSR count). The first-order valence-electron chi connectivity index (χ1n) is 6.43. The second-order valence-electron chi connectivity index (χ2n) is 4.33. The smallest absolute Gasteiger partial charge is 0.268 e. The Kier molecular flexibility index (Phi) is 5.71. The minimum atomic E-state index is -0.105. The topological polar surface area (TPSA) is 69.3 Å². The third kappa shape index (κ3) is 4.07. The molecule has 102 valence electrons. The van der Waals surface area contributed by atoms with Gasteiger partial charge in [0.05, 0.1) is 11.8 Å². The van der Waals surface area contributed by atoms with Crippen LogP contribution in [0.5, 0.6) is 0 Å². The fourth-order valence-electron chi connectivity index (χ4n) is 1.82. The number of nitrogens with two attached hydrogens (primary N) is 1. The second-order valence-corrected chi connectivity index (χ2v) is 4.33. The first-order valence-corrected chi connectivity index (χ1v) is 6.43. The molecule has 0 aliphatic rings. The molecule has 18 heavy (non-hydrogen) atoms. The molecule has 0 aromatic carbocycles. The largest absolute Gasteiger partial charge is 0.397 e. The third-order valence-corrected chi connectivity index (χ3v) is 2.62. The van der Waals surface area contributed by atoms with Crippen LogP contribution in [-0.4, -0.2) is 29.7 Å². The second kappa shape index (κ2) is 7.06. The number of nitrogen functional groups attached to an aromatic ring is 1. The molecule has 1 aromatic rings. The molecule has 3 N–H and O–H groups in total. The van der Waals surface area contributed by atoms with Crippen molar-refractivity contribution >= 4 is 11.6 Å². The fraction of sp³-hybridized carbons (Fsp3) is 0.615. The van der Waals surface area contributed by atoms with Crippen molar-refractivity contribution in [3.05, 3.63) is 18.0 Å². The zero-order valence-corrected chi connectivity index (χ0v) is 11.4. The van der Waals surface area contributed by atoms with E-state index < -0.39 is 0 Å². The number of amides is 1. The van der Waals surface area contributed by atoms with Gasteiger partial charge in [0.15, 0.2) is 0 Å². The number of aryl methyl sites for hydroxylation is 1. The van der Waals surface area contributed by atoms with E-state index in [1.807, 2.05) is 18.4 Å². The minimum Gasteiger partial charge on any atom is -0.397 e. The normalized spacial score (nSPS) is 12.4. The Bertz CT molecular complexity index is 388. The molecule has 0 aliphatic carbocycles.